The number of pyridine rings is 1. The molecule has 0 aliphatic heterocycles. The fraction of sp³-hybridized carbons (Fsp3) is 0.500. The first-order valence-corrected chi connectivity index (χ1v) is 7.28. The highest BCUT2D eigenvalue weighted by molar-refractivity contribution is 5.15. The van der Waals surface area contributed by atoms with Gasteiger partial charge >= 0.3 is 0 Å². The number of nitrogens with zero attached hydrogens (tertiary/aromatic N) is 1. The molecule has 0 aliphatic carbocycles. The zero-order valence-electron chi connectivity index (χ0n) is 13.0. The van der Waals surface area contributed by atoms with Gasteiger partial charge in [-0.2, -0.15) is 0 Å². The number of aromatic nitrogens is 1. The third-order valence-corrected chi connectivity index (χ3v) is 3.57. The van der Waals surface area contributed by atoms with Gasteiger partial charge in [0.2, 0.25) is 0 Å². The average molecular weight is 257 g/mol. The van der Waals surface area contributed by atoms with Crippen molar-refractivity contribution in [3.8, 4) is 0 Å². The monoisotopic (exact) mass is 257 g/mol. The van der Waals surface area contributed by atoms with Crippen LogP contribution in [0.25, 0.3) is 0 Å². The van der Waals surface area contributed by atoms with Crippen molar-refractivity contribution in [3.63, 3.8) is 0 Å². The zero-order valence-corrected chi connectivity index (χ0v) is 13.0. The Hall–Kier alpha value is -1.37. The molecular weight excluding hydrogens is 230 g/mol. The maximum Gasteiger partial charge on any atom is 0.0406 e. The second-order valence-corrected chi connectivity index (χ2v) is 5.68. The smallest absolute Gasteiger partial charge is 0.0406 e. The van der Waals surface area contributed by atoms with Gasteiger partial charge in [0.25, 0.3) is 0 Å². The van der Waals surface area contributed by atoms with Crippen LogP contribution in [0.5, 0.6) is 0 Å². The lowest BCUT2D eigenvalue weighted by atomic mass is 9.91. The minimum Gasteiger partial charge on any atom is -0.261 e. The summed E-state index contributed by atoms with van der Waals surface area (Å²) in [5.74, 6) is 1.19. The highest BCUT2D eigenvalue weighted by Gasteiger charge is 2.10. The van der Waals surface area contributed by atoms with Gasteiger partial charge in [-0.15, -0.1) is 0 Å². The molecule has 0 bridgehead atoms. The SMILES string of the molecule is CCc1ccc(CC(C)C(C)/C=C/C=C(C)C)nc1. The Morgan fingerprint density at radius 3 is 2.53 bits per heavy atom. The van der Waals surface area contributed by atoms with E-state index in [1.807, 2.05) is 6.20 Å². The largest absolute Gasteiger partial charge is 0.261 e. The molecule has 0 saturated carbocycles. The normalized spacial score (nSPS) is 14.4. The molecule has 0 amide bonds. The van der Waals surface area contributed by atoms with Gasteiger partial charge in [-0.05, 0) is 50.2 Å². The van der Waals surface area contributed by atoms with E-state index in [4.69, 9.17) is 0 Å². The second kappa shape index (κ2) is 7.93. The molecule has 1 aromatic heterocycles. The van der Waals surface area contributed by atoms with E-state index in [0.717, 1.165) is 12.8 Å². The molecule has 2 atom stereocenters. The molecule has 1 heterocycles. The van der Waals surface area contributed by atoms with Crippen molar-refractivity contribution < 1.29 is 0 Å². The number of hydrogen-bond acceptors (Lipinski definition) is 1. The predicted molar refractivity (Wildman–Crippen MR) is 84.2 cm³/mol. The van der Waals surface area contributed by atoms with Gasteiger partial charge in [-0.1, -0.05) is 50.6 Å². The summed E-state index contributed by atoms with van der Waals surface area (Å²) in [5, 5.41) is 0. The molecule has 1 rings (SSSR count). The van der Waals surface area contributed by atoms with Crippen LogP contribution in [0.2, 0.25) is 0 Å². The van der Waals surface area contributed by atoms with Crippen molar-refractivity contribution in [2.24, 2.45) is 11.8 Å². The summed E-state index contributed by atoms with van der Waals surface area (Å²) in [6.07, 6.45) is 10.7. The zero-order chi connectivity index (χ0) is 14.3. The summed E-state index contributed by atoms with van der Waals surface area (Å²) in [7, 11) is 0. The molecule has 2 unspecified atom stereocenters. The number of rotatable bonds is 6. The van der Waals surface area contributed by atoms with Crippen molar-refractivity contribution in [3.05, 3.63) is 53.4 Å². The molecule has 0 fully saturated rings. The van der Waals surface area contributed by atoms with E-state index in [0.29, 0.717) is 11.8 Å². The van der Waals surface area contributed by atoms with Crippen LogP contribution in [0.4, 0.5) is 0 Å². The van der Waals surface area contributed by atoms with Crippen molar-refractivity contribution >= 4 is 0 Å². The first-order valence-electron chi connectivity index (χ1n) is 7.28. The summed E-state index contributed by atoms with van der Waals surface area (Å²) in [6, 6.07) is 4.36. The molecule has 1 aromatic rings. The van der Waals surface area contributed by atoms with Crippen molar-refractivity contribution in [2.45, 2.75) is 47.5 Å². The van der Waals surface area contributed by atoms with Gasteiger partial charge in [0, 0.05) is 11.9 Å². The minimum atomic E-state index is 0.572. The average Bonchev–Trinajstić information content (AvgIpc) is 2.39. The van der Waals surface area contributed by atoms with Crippen LogP contribution in [0.1, 0.15) is 45.9 Å². The third kappa shape index (κ3) is 5.87. The Bertz CT molecular complexity index is 422. The van der Waals surface area contributed by atoms with Gasteiger partial charge in [0.1, 0.15) is 0 Å². The fourth-order valence-corrected chi connectivity index (χ4v) is 1.91. The standard InChI is InChI=1S/C18H27N/c1-6-17-10-11-18(19-13-17)12-16(5)15(4)9-7-8-14(2)3/h7-11,13,15-16H,6,12H2,1-5H3/b9-7+. The van der Waals surface area contributed by atoms with E-state index < -0.39 is 0 Å². The summed E-state index contributed by atoms with van der Waals surface area (Å²) in [4.78, 5) is 4.54. The topological polar surface area (TPSA) is 12.9 Å². The molecule has 104 valence electrons. The predicted octanol–water partition coefficient (Wildman–Crippen LogP) is 4.98. The van der Waals surface area contributed by atoms with E-state index in [1.165, 1.54) is 16.8 Å². The molecule has 0 radical (unpaired) electrons. The molecule has 0 aliphatic rings. The van der Waals surface area contributed by atoms with Gasteiger partial charge < -0.3 is 0 Å². The molecular formula is C18H27N. The quantitative estimate of drug-likeness (QED) is 0.655. The Kier molecular flexibility index (Phi) is 6.55. The molecule has 0 saturated heterocycles. The lowest BCUT2D eigenvalue weighted by Gasteiger charge is -2.16. The number of allylic oxidation sites excluding steroid dienone is 4. The van der Waals surface area contributed by atoms with Gasteiger partial charge in [0.05, 0.1) is 0 Å². The summed E-state index contributed by atoms with van der Waals surface area (Å²) >= 11 is 0. The lowest BCUT2D eigenvalue weighted by molar-refractivity contribution is 0.453. The summed E-state index contributed by atoms with van der Waals surface area (Å²) in [6.45, 7) is 11.0. The van der Waals surface area contributed by atoms with E-state index in [-0.39, 0.29) is 0 Å². The van der Waals surface area contributed by atoms with Gasteiger partial charge in [-0.25, -0.2) is 0 Å². The van der Waals surface area contributed by atoms with Crippen LogP contribution < -0.4 is 0 Å². The fourth-order valence-electron chi connectivity index (χ4n) is 1.91. The maximum atomic E-state index is 4.54. The number of aryl methyl sites for hydroxylation is 1. The Morgan fingerprint density at radius 2 is 2.00 bits per heavy atom. The summed E-state index contributed by atoms with van der Waals surface area (Å²) < 4.78 is 0. The number of hydrogen-bond donors (Lipinski definition) is 0. The van der Waals surface area contributed by atoms with Crippen LogP contribution in [0.3, 0.4) is 0 Å². The summed E-state index contributed by atoms with van der Waals surface area (Å²) in [5.41, 5.74) is 3.85. The van der Waals surface area contributed by atoms with Crippen molar-refractivity contribution in [1.29, 1.82) is 0 Å². The molecule has 1 heteroatoms. The van der Waals surface area contributed by atoms with Gasteiger partial charge in [0.15, 0.2) is 0 Å². The molecule has 0 spiro atoms. The third-order valence-electron chi connectivity index (χ3n) is 3.57. The first kappa shape index (κ1) is 15.7. The molecule has 0 aromatic carbocycles. The van der Waals surface area contributed by atoms with Crippen LogP contribution in [-0.4, -0.2) is 4.98 Å². The highest BCUT2D eigenvalue weighted by atomic mass is 14.7. The lowest BCUT2D eigenvalue weighted by Crippen LogP contribution is -2.09. The van der Waals surface area contributed by atoms with Crippen molar-refractivity contribution in [1.82, 2.24) is 4.98 Å². The van der Waals surface area contributed by atoms with Gasteiger partial charge in [-0.3, -0.25) is 4.98 Å². The Labute approximate surface area is 118 Å². The van der Waals surface area contributed by atoms with Crippen LogP contribution in [0.15, 0.2) is 42.1 Å². The van der Waals surface area contributed by atoms with E-state index in [9.17, 15) is 0 Å². The van der Waals surface area contributed by atoms with Crippen LogP contribution in [0, 0.1) is 11.8 Å². The molecule has 1 nitrogen and oxygen atoms in total. The highest BCUT2D eigenvalue weighted by Crippen LogP contribution is 2.17. The maximum absolute atomic E-state index is 4.54. The van der Waals surface area contributed by atoms with Crippen LogP contribution >= 0.6 is 0 Å². The van der Waals surface area contributed by atoms with E-state index in [2.05, 4.69) is 70.0 Å². The van der Waals surface area contributed by atoms with Crippen molar-refractivity contribution in [2.75, 3.05) is 0 Å². The van der Waals surface area contributed by atoms with E-state index >= 15 is 0 Å². The Morgan fingerprint density at radius 1 is 1.26 bits per heavy atom. The van der Waals surface area contributed by atoms with Crippen LogP contribution in [-0.2, 0) is 12.8 Å². The minimum absolute atomic E-state index is 0.572. The second-order valence-electron chi connectivity index (χ2n) is 5.68. The van der Waals surface area contributed by atoms with E-state index in [1.54, 1.807) is 0 Å². The molecule has 0 N–H and O–H groups in total. The first-order chi connectivity index (χ1) is 9.02. The Balaban J connectivity index is 2.55. The molecule has 19 heavy (non-hydrogen) atoms.